The second-order valence-corrected chi connectivity index (χ2v) is 8.49. The molecule has 0 fully saturated rings. The Morgan fingerprint density at radius 2 is 1.81 bits per heavy atom. The number of halogens is 1. The van der Waals surface area contributed by atoms with Gasteiger partial charge < -0.3 is 10.1 Å². The van der Waals surface area contributed by atoms with Gasteiger partial charge >= 0.3 is 0 Å². The van der Waals surface area contributed by atoms with E-state index in [4.69, 9.17) is 16.3 Å². The standard InChI is InChI=1S/C19H20ClNO4S/c1-3-12-26(23,24)14(2)19(22)21-17-8-10-18(11-9-17)25-13-15-4-6-16(20)7-5-15/h3-11,14H,1,12-13H2,2H3,(H,21,22). The molecule has 0 aliphatic carbocycles. The average Bonchev–Trinajstić information content (AvgIpc) is 2.61. The van der Waals surface area contributed by atoms with Crippen LogP contribution in [0.15, 0.2) is 61.2 Å². The first-order valence-electron chi connectivity index (χ1n) is 7.92. The molecule has 0 saturated carbocycles. The van der Waals surface area contributed by atoms with Crippen LogP contribution in [0.2, 0.25) is 5.02 Å². The Hall–Kier alpha value is -2.31. The third-order valence-electron chi connectivity index (χ3n) is 3.70. The molecule has 5 nitrogen and oxygen atoms in total. The van der Waals surface area contributed by atoms with E-state index in [9.17, 15) is 13.2 Å². The lowest BCUT2D eigenvalue weighted by molar-refractivity contribution is -0.115. The highest BCUT2D eigenvalue weighted by atomic mass is 35.5. The van der Waals surface area contributed by atoms with Gasteiger partial charge in [0.1, 0.15) is 17.6 Å². The Bertz CT molecular complexity index is 861. The fraction of sp³-hybridized carbons (Fsp3) is 0.211. The summed E-state index contributed by atoms with van der Waals surface area (Å²) in [7, 11) is -3.54. The van der Waals surface area contributed by atoms with Crippen LogP contribution in [0.4, 0.5) is 5.69 Å². The smallest absolute Gasteiger partial charge is 0.242 e. The number of rotatable bonds is 8. The molecule has 0 spiro atoms. The van der Waals surface area contributed by atoms with E-state index in [-0.39, 0.29) is 5.75 Å². The summed E-state index contributed by atoms with van der Waals surface area (Å²) in [6.45, 7) is 5.14. The summed E-state index contributed by atoms with van der Waals surface area (Å²) in [5, 5.41) is 2.10. The number of carbonyl (C=O) groups excluding carboxylic acids is 1. The molecule has 0 aromatic heterocycles. The summed E-state index contributed by atoms with van der Waals surface area (Å²) in [5.74, 6) is -0.189. The molecule has 7 heteroatoms. The second-order valence-electron chi connectivity index (χ2n) is 5.69. The largest absolute Gasteiger partial charge is 0.489 e. The lowest BCUT2D eigenvalue weighted by atomic mass is 10.2. The van der Waals surface area contributed by atoms with E-state index in [1.165, 1.54) is 13.0 Å². The summed E-state index contributed by atoms with van der Waals surface area (Å²) in [4.78, 5) is 12.1. The molecule has 1 N–H and O–H groups in total. The first-order chi connectivity index (χ1) is 12.3. The Kier molecular flexibility index (Phi) is 6.83. The highest BCUT2D eigenvalue weighted by molar-refractivity contribution is 7.92. The van der Waals surface area contributed by atoms with Crippen LogP contribution in [0.3, 0.4) is 0 Å². The summed E-state index contributed by atoms with van der Waals surface area (Å²) < 4.78 is 29.5. The van der Waals surface area contributed by atoms with Gasteiger partial charge in [0, 0.05) is 10.7 Å². The molecule has 138 valence electrons. The zero-order chi connectivity index (χ0) is 19.2. The Labute approximate surface area is 158 Å². The number of hydrogen-bond donors (Lipinski definition) is 1. The number of hydrogen-bond acceptors (Lipinski definition) is 4. The van der Waals surface area contributed by atoms with E-state index in [1.54, 1.807) is 36.4 Å². The summed E-state index contributed by atoms with van der Waals surface area (Å²) in [6.07, 6.45) is 1.27. The van der Waals surface area contributed by atoms with Gasteiger partial charge in [0.2, 0.25) is 5.91 Å². The maximum absolute atomic E-state index is 12.1. The van der Waals surface area contributed by atoms with Gasteiger partial charge in [-0.05, 0) is 48.9 Å². The van der Waals surface area contributed by atoms with Crippen LogP contribution in [0.1, 0.15) is 12.5 Å². The molecular weight excluding hydrogens is 374 g/mol. The Morgan fingerprint density at radius 1 is 1.19 bits per heavy atom. The normalized spacial score (nSPS) is 12.2. The van der Waals surface area contributed by atoms with E-state index >= 15 is 0 Å². The Morgan fingerprint density at radius 3 is 2.38 bits per heavy atom. The van der Waals surface area contributed by atoms with Crippen molar-refractivity contribution in [3.05, 3.63) is 71.8 Å². The minimum atomic E-state index is -3.54. The van der Waals surface area contributed by atoms with E-state index in [2.05, 4.69) is 11.9 Å². The highest BCUT2D eigenvalue weighted by Crippen LogP contribution is 2.18. The summed E-state index contributed by atoms with van der Waals surface area (Å²) in [6, 6.07) is 14.1. The van der Waals surface area contributed by atoms with Gasteiger partial charge in [0.05, 0.1) is 5.75 Å². The van der Waals surface area contributed by atoms with Crippen molar-refractivity contribution >= 4 is 33.0 Å². The van der Waals surface area contributed by atoms with Crippen LogP contribution in [-0.2, 0) is 21.2 Å². The van der Waals surface area contributed by atoms with Crippen molar-refractivity contribution in [3.8, 4) is 5.75 Å². The SMILES string of the molecule is C=CCS(=O)(=O)C(C)C(=O)Nc1ccc(OCc2ccc(Cl)cc2)cc1. The first kappa shape index (κ1) is 20.0. The van der Waals surface area contributed by atoms with Crippen molar-refractivity contribution in [1.82, 2.24) is 0 Å². The van der Waals surface area contributed by atoms with E-state index in [0.29, 0.717) is 23.1 Å². The van der Waals surface area contributed by atoms with E-state index in [0.717, 1.165) is 5.56 Å². The Balaban J connectivity index is 1.93. The van der Waals surface area contributed by atoms with Crippen molar-refractivity contribution in [2.75, 3.05) is 11.1 Å². The summed E-state index contributed by atoms with van der Waals surface area (Å²) >= 11 is 5.84. The van der Waals surface area contributed by atoms with Crippen molar-refractivity contribution in [1.29, 1.82) is 0 Å². The average molecular weight is 394 g/mol. The van der Waals surface area contributed by atoms with E-state index in [1.807, 2.05) is 12.1 Å². The minimum Gasteiger partial charge on any atom is -0.489 e. The minimum absolute atomic E-state index is 0.237. The van der Waals surface area contributed by atoms with Gasteiger partial charge in [-0.15, -0.1) is 6.58 Å². The van der Waals surface area contributed by atoms with Crippen LogP contribution < -0.4 is 10.1 Å². The molecule has 0 bridgehead atoms. The fourth-order valence-electron chi connectivity index (χ4n) is 2.10. The summed E-state index contributed by atoms with van der Waals surface area (Å²) in [5.41, 5.74) is 1.47. The maximum atomic E-state index is 12.1. The number of amides is 1. The predicted octanol–water partition coefficient (Wildman–Crippen LogP) is 3.85. The highest BCUT2D eigenvalue weighted by Gasteiger charge is 2.26. The van der Waals surface area contributed by atoms with Crippen LogP contribution in [0.25, 0.3) is 0 Å². The number of sulfone groups is 1. The molecule has 2 rings (SSSR count). The maximum Gasteiger partial charge on any atom is 0.242 e. The lowest BCUT2D eigenvalue weighted by Crippen LogP contribution is -2.33. The lowest BCUT2D eigenvalue weighted by Gasteiger charge is -2.13. The monoisotopic (exact) mass is 393 g/mol. The molecule has 26 heavy (non-hydrogen) atoms. The molecular formula is C19H20ClNO4S. The molecule has 1 unspecified atom stereocenters. The number of nitrogens with one attached hydrogen (secondary N) is 1. The topological polar surface area (TPSA) is 72.5 Å². The van der Waals surface area contributed by atoms with Crippen molar-refractivity contribution in [2.45, 2.75) is 18.8 Å². The number of carbonyl (C=O) groups is 1. The second kappa shape index (κ2) is 8.87. The van der Waals surface area contributed by atoms with Gasteiger partial charge in [-0.25, -0.2) is 8.42 Å². The molecule has 2 aromatic carbocycles. The quantitative estimate of drug-likeness (QED) is 0.691. The van der Waals surface area contributed by atoms with Gasteiger partial charge in [-0.1, -0.05) is 29.8 Å². The number of benzene rings is 2. The molecule has 0 saturated heterocycles. The molecule has 1 amide bonds. The van der Waals surface area contributed by atoms with Crippen LogP contribution in [0.5, 0.6) is 5.75 Å². The molecule has 0 heterocycles. The van der Waals surface area contributed by atoms with Crippen LogP contribution >= 0.6 is 11.6 Å². The van der Waals surface area contributed by atoms with Crippen molar-refractivity contribution in [2.24, 2.45) is 0 Å². The zero-order valence-corrected chi connectivity index (χ0v) is 15.9. The van der Waals surface area contributed by atoms with Gasteiger partial charge in [-0.2, -0.15) is 0 Å². The molecule has 0 aliphatic rings. The predicted molar refractivity (Wildman–Crippen MR) is 104 cm³/mol. The third-order valence-corrected chi connectivity index (χ3v) is 5.94. The van der Waals surface area contributed by atoms with Crippen LogP contribution in [-0.4, -0.2) is 25.3 Å². The molecule has 1 atom stereocenters. The molecule has 0 radical (unpaired) electrons. The zero-order valence-electron chi connectivity index (χ0n) is 14.3. The van der Waals surface area contributed by atoms with Crippen molar-refractivity contribution < 1.29 is 17.9 Å². The first-order valence-corrected chi connectivity index (χ1v) is 10.0. The molecule has 2 aromatic rings. The van der Waals surface area contributed by atoms with E-state index < -0.39 is 21.0 Å². The molecule has 0 aliphatic heterocycles. The van der Waals surface area contributed by atoms with Gasteiger partial charge in [0.15, 0.2) is 9.84 Å². The van der Waals surface area contributed by atoms with Crippen LogP contribution in [0, 0.1) is 0 Å². The van der Waals surface area contributed by atoms with Gasteiger partial charge in [0.25, 0.3) is 0 Å². The number of ether oxygens (including phenoxy) is 1. The number of anilines is 1. The van der Waals surface area contributed by atoms with Crippen molar-refractivity contribution in [3.63, 3.8) is 0 Å². The fourth-order valence-corrected chi connectivity index (χ4v) is 3.23. The third kappa shape index (κ3) is 5.61. The van der Waals surface area contributed by atoms with Gasteiger partial charge in [-0.3, -0.25) is 4.79 Å².